The lowest BCUT2D eigenvalue weighted by Gasteiger charge is -2.30. The first-order chi connectivity index (χ1) is 17.8. The van der Waals surface area contributed by atoms with E-state index in [0.717, 1.165) is 51.5 Å². The van der Waals surface area contributed by atoms with Crippen molar-refractivity contribution < 1.29 is 19.2 Å². The maximum atomic E-state index is 13.6. The third kappa shape index (κ3) is 4.71. The second-order valence-corrected chi connectivity index (χ2v) is 10.1. The second kappa shape index (κ2) is 10.1. The zero-order valence-electron chi connectivity index (χ0n) is 21.0. The summed E-state index contributed by atoms with van der Waals surface area (Å²) in [5.74, 6) is -2.35. The molecule has 2 atom stereocenters. The van der Waals surface area contributed by atoms with Crippen LogP contribution in [0.4, 0.5) is 4.79 Å². The van der Waals surface area contributed by atoms with Gasteiger partial charge < -0.3 is 0 Å². The number of nitrogens with zero attached hydrogens (tertiary/aromatic N) is 4. The van der Waals surface area contributed by atoms with E-state index in [4.69, 9.17) is 5.10 Å². The summed E-state index contributed by atoms with van der Waals surface area (Å²) in [4.78, 5) is 53.2. The van der Waals surface area contributed by atoms with E-state index in [1.54, 1.807) is 0 Å². The molecule has 8 nitrogen and oxygen atoms in total. The lowest BCUT2D eigenvalue weighted by molar-refractivity contribution is -0.145. The number of benzene rings is 2. The minimum atomic E-state index is -0.968. The van der Waals surface area contributed by atoms with Crippen LogP contribution < -0.4 is 0 Å². The van der Waals surface area contributed by atoms with Crippen molar-refractivity contribution in [2.24, 2.45) is 16.9 Å². The average Bonchev–Trinajstić information content (AvgIpc) is 3.38. The van der Waals surface area contributed by atoms with Crippen molar-refractivity contribution in [2.45, 2.75) is 39.2 Å². The Morgan fingerprint density at radius 2 is 1.62 bits per heavy atom. The van der Waals surface area contributed by atoms with Crippen LogP contribution in [0.25, 0.3) is 6.08 Å². The fourth-order valence-electron chi connectivity index (χ4n) is 5.36. The van der Waals surface area contributed by atoms with Crippen LogP contribution in [0.1, 0.15) is 50.3 Å². The quantitative estimate of drug-likeness (QED) is 0.440. The lowest BCUT2D eigenvalue weighted by atomic mass is 9.77. The highest BCUT2D eigenvalue weighted by Crippen LogP contribution is 2.44. The van der Waals surface area contributed by atoms with Crippen LogP contribution in [0, 0.1) is 11.8 Å². The predicted molar refractivity (Wildman–Crippen MR) is 139 cm³/mol. The number of allylic oxidation sites excluding steroid dienone is 1. The molecule has 1 saturated heterocycles. The van der Waals surface area contributed by atoms with E-state index in [2.05, 4.69) is 6.08 Å². The molecule has 5 amide bonds. The Morgan fingerprint density at radius 1 is 0.973 bits per heavy atom. The maximum Gasteiger partial charge on any atom is 0.334 e. The van der Waals surface area contributed by atoms with E-state index in [-0.39, 0.29) is 24.4 Å². The monoisotopic (exact) mass is 498 g/mol. The minimum absolute atomic E-state index is 0.000820. The van der Waals surface area contributed by atoms with Gasteiger partial charge in [-0.1, -0.05) is 74.5 Å². The number of fused-ring (bicyclic) bond motifs is 1. The van der Waals surface area contributed by atoms with E-state index >= 15 is 0 Å². The minimum Gasteiger partial charge on any atom is -0.271 e. The molecule has 0 N–H and O–H groups in total. The van der Waals surface area contributed by atoms with Crippen molar-refractivity contribution in [3.05, 3.63) is 77.4 Å². The SMILES string of the molecule is CC(C)CN1C(=O)C(=O)N(CC(=O)N2N=C3/C(=C/c4ccccc4)CCC[C@@H]3[C@H]2c2ccccc2)C1=O. The summed E-state index contributed by atoms with van der Waals surface area (Å²) in [5.41, 5.74) is 3.97. The Morgan fingerprint density at radius 3 is 2.30 bits per heavy atom. The van der Waals surface area contributed by atoms with Crippen LogP contribution >= 0.6 is 0 Å². The molecule has 0 spiro atoms. The van der Waals surface area contributed by atoms with Gasteiger partial charge in [-0.15, -0.1) is 0 Å². The van der Waals surface area contributed by atoms with Crippen LogP contribution in [0.2, 0.25) is 0 Å². The van der Waals surface area contributed by atoms with Gasteiger partial charge in [0.25, 0.3) is 5.91 Å². The van der Waals surface area contributed by atoms with Gasteiger partial charge >= 0.3 is 17.8 Å². The van der Waals surface area contributed by atoms with Crippen molar-refractivity contribution >= 4 is 35.5 Å². The normalized spacial score (nSPS) is 22.8. The first kappa shape index (κ1) is 24.6. The molecule has 2 fully saturated rings. The van der Waals surface area contributed by atoms with Gasteiger partial charge in [-0.2, -0.15) is 5.10 Å². The number of hydrogen-bond donors (Lipinski definition) is 0. The van der Waals surface area contributed by atoms with Gasteiger partial charge in [0.1, 0.15) is 6.54 Å². The zero-order chi connectivity index (χ0) is 26.1. The summed E-state index contributed by atoms with van der Waals surface area (Å²) in [6.07, 6.45) is 4.82. The number of hydrogen-bond acceptors (Lipinski definition) is 5. The van der Waals surface area contributed by atoms with Gasteiger partial charge in [-0.25, -0.2) is 14.7 Å². The molecular formula is C29H30N4O4. The maximum absolute atomic E-state index is 13.6. The van der Waals surface area contributed by atoms with Crippen molar-refractivity contribution in [3.63, 3.8) is 0 Å². The Hall–Kier alpha value is -4.07. The van der Waals surface area contributed by atoms with Crippen molar-refractivity contribution in [1.82, 2.24) is 14.8 Å². The molecule has 2 heterocycles. The van der Waals surface area contributed by atoms with E-state index < -0.39 is 30.3 Å². The Bertz CT molecular complexity index is 1290. The van der Waals surface area contributed by atoms with Crippen LogP contribution in [-0.4, -0.2) is 57.4 Å². The number of imide groups is 2. The van der Waals surface area contributed by atoms with E-state index in [9.17, 15) is 19.2 Å². The third-order valence-electron chi connectivity index (χ3n) is 7.01. The molecule has 3 aliphatic rings. The molecule has 0 bridgehead atoms. The Kier molecular flexibility index (Phi) is 6.74. The topological polar surface area (TPSA) is 90.4 Å². The number of carbonyl (C=O) groups excluding carboxylic acids is 4. The zero-order valence-corrected chi connectivity index (χ0v) is 21.0. The average molecular weight is 499 g/mol. The number of urea groups is 1. The molecule has 0 radical (unpaired) electrons. The van der Waals surface area contributed by atoms with Crippen LogP contribution in [0.3, 0.4) is 0 Å². The second-order valence-electron chi connectivity index (χ2n) is 10.1. The van der Waals surface area contributed by atoms with E-state index in [0.29, 0.717) is 0 Å². The molecule has 2 aromatic carbocycles. The molecule has 37 heavy (non-hydrogen) atoms. The first-order valence-corrected chi connectivity index (χ1v) is 12.7. The van der Waals surface area contributed by atoms with Crippen LogP contribution in [0.15, 0.2) is 71.3 Å². The van der Waals surface area contributed by atoms with Gasteiger partial charge in [-0.3, -0.25) is 19.3 Å². The molecule has 8 heteroatoms. The summed E-state index contributed by atoms with van der Waals surface area (Å²) in [6, 6.07) is 18.6. The van der Waals surface area contributed by atoms with E-state index in [1.807, 2.05) is 74.5 Å². The van der Waals surface area contributed by atoms with Gasteiger partial charge in [0, 0.05) is 12.5 Å². The molecule has 0 aromatic heterocycles. The highest BCUT2D eigenvalue weighted by molar-refractivity contribution is 6.45. The summed E-state index contributed by atoms with van der Waals surface area (Å²) >= 11 is 0. The van der Waals surface area contributed by atoms with Gasteiger partial charge in [0.15, 0.2) is 0 Å². The Balaban J connectivity index is 1.47. The molecule has 2 aromatic rings. The first-order valence-electron chi connectivity index (χ1n) is 12.7. The number of hydrazone groups is 1. The third-order valence-corrected chi connectivity index (χ3v) is 7.01. The fraction of sp³-hybridized carbons (Fsp3) is 0.345. The highest BCUT2D eigenvalue weighted by Gasteiger charge is 2.48. The summed E-state index contributed by atoms with van der Waals surface area (Å²) in [7, 11) is 0. The largest absolute Gasteiger partial charge is 0.334 e. The van der Waals surface area contributed by atoms with Gasteiger partial charge in [0.2, 0.25) is 0 Å². The molecule has 1 aliphatic carbocycles. The summed E-state index contributed by atoms with van der Waals surface area (Å²) in [6.45, 7) is 3.31. The molecule has 5 rings (SSSR count). The van der Waals surface area contributed by atoms with Crippen LogP contribution in [-0.2, 0) is 14.4 Å². The molecule has 1 saturated carbocycles. The Labute approximate surface area is 216 Å². The standard InChI is InChI=1S/C29H30N4O4/c1-19(2)17-31-27(35)28(36)32(29(31)37)18-24(34)33-26(21-12-7-4-8-13-21)23-15-9-14-22(25(23)30-33)16-20-10-5-3-6-11-20/h3-8,10-13,16,19,23,26H,9,14-15,17-18H2,1-2H3/b22-16+/t23-,26+/m0/s1. The number of amides is 5. The molecule has 2 aliphatic heterocycles. The van der Waals surface area contributed by atoms with E-state index in [1.165, 1.54) is 5.01 Å². The summed E-state index contributed by atoms with van der Waals surface area (Å²) in [5, 5.41) is 6.23. The van der Waals surface area contributed by atoms with Gasteiger partial charge in [0.05, 0.1) is 11.8 Å². The van der Waals surface area contributed by atoms with Crippen LogP contribution in [0.5, 0.6) is 0 Å². The summed E-state index contributed by atoms with van der Waals surface area (Å²) < 4.78 is 0. The molecular weight excluding hydrogens is 468 g/mol. The highest BCUT2D eigenvalue weighted by atomic mass is 16.2. The predicted octanol–water partition coefficient (Wildman–Crippen LogP) is 4.26. The molecule has 190 valence electrons. The number of rotatable bonds is 6. The van der Waals surface area contributed by atoms with Crippen molar-refractivity contribution in [3.8, 4) is 0 Å². The molecule has 0 unspecified atom stereocenters. The lowest BCUT2D eigenvalue weighted by Crippen LogP contribution is -2.43. The van der Waals surface area contributed by atoms with Crippen molar-refractivity contribution in [2.75, 3.05) is 13.1 Å². The van der Waals surface area contributed by atoms with Crippen molar-refractivity contribution in [1.29, 1.82) is 0 Å². The smallest absolute Gasteiger partial charge is 0.271 e. The number of carbonyl (C=O) groups is 4. The fourth-order valence-corrected chi connectivity index (χ4v) is 5.36. The van der Waals surface area contributed by atoms with Gasteiger partial charge in [-0.05, 0) is 48.0 Å².